The molecule has 0 saturated carbocycles. The molecule has 8 bridgehead atoms. The van der Waals surface area contributed by atoms with Gasteiger partial charge in [-0.3, -0.25) is 17.9 Å². The minimum Gasteiger partial charge on any atom is -0.355 e. The number of nitrogens with one attached hydrogen (secondary N) is 2. The fourth-order valence-corrected chi connectivity index (χ4v) is 10.3. The van der Waals surface area contributed by atoms with Gasteiger partial charge in [0.2, 0.25) is 0 Å². The summed E-state index contributed by atoms with van der Waals surface area (Å²) in [6, 6.07) is 46.7. The Morgan fingerprint density at radius 3 is 1.25 bits per heavy atom. The molecule has 4 aromatic carbocycles. The van der Waals surface area contributed by atoms with Gasteiger partial charge < -0.3 is 9.97 Å². The molecule has 2 N–H and O–H groups in total. The number of quaternary nitrogens is 4. The third-order valence-corrected chi connectivity index (χ3v) is 13.4. The zero-order chi connectivity index (χ0) is 48.2. The number of fused-ring (bicyclic) bond motifs is 8. The van der Waals surface area contributed by atoms with E-state index in [4.69, 9.17) is 9.97 Å². The largest absolute Gasteiger partial charge is 0.355 e. The van der Waals surface area contributed by atoms with E-state index >= 15 is 0 Å². The van der Waals surface area contributed by atoms with Crippen molar-refractivity contribution in [1.29, 1.82) is 0 Å². The van der Waals surface area contributed by atoms with E-state index in [9.17, 15) is 0 Å². The van der Waals surface area contributed by atoms with Crippen molar-refractivity contribution in [3.63, 3.8) is 0 Å². The van der Waals surface area contributed by atoms with E-state index < -0.39 is 0 Å². The molecule has 0 aliphatic carbocycles. The Hall–Kier alpha value is -6.68. The Bertz CT molecular complexity index is 3280. The number of nitrogens with zero attached hydrogens (tertiary/aromatic N) is 6. The maximum atomic E-state index is 5.76. The van der Waals surface area contributed by atoms with Crippen LogP contribution in [0.25, 0.3) is 45.9 Å². The molecule has 68 heavy (non-hydrogen) atoms. The third-order valence-electron chi connectivity index (χ3n) is 13.4. The summed E-state index contributed by atoms with van der Waals surface area (Å²) in [5, 5.41) is 0. The predicted molar refractivity (Wildman–Crippen MR) is 294 cm³/mol. The Morgan fingerprint density at radius 1 is 0.382 bits per heavy atom. The van der Waals surface area contributed by atoms with E-state index in [2.05, 4.69) is 240 Å². The molecule has 2 aliphatic rings. The highest BCUT2D eigenvalue weighted by atomic mass is 15.3. The second kappa shape index (κ2) is 17.8. The van der Waals surface area contributed by atoms with Gasteiger partial charge in [-0.05, 0) is 89.5 Å². The molecule has 0 spiro atoms. The van der Waals surface area contributed by atoms with E-state index in [1.54, 1.807) is 0 Å². The van der Waals surface area contributed by atoms with Crippen molar-refractivity contribution in [2.75, 3.05) is 84.6 Å². The van der Waals surface area contributed by atoms with E-state index in [1.807, 2.05) is 0 Å². The Balaban J connectivity index is 1.46. The molecule has 2 aliphatic heterocycles. The molecule has 0 fully saturated rings. The van der Waals surface area contributed by atoms with Gasteiger partial charge in [-0.2, -0.15) is 0 Å². The van der Waals surface area contributed by atoms with Crippen LogP contribution in [-0.2, 0) is 25.7 Å². The molecule has 9 rings (SSSR count). The SMILES string of the molecule is C[N+](C)(C)c1ccccc1CC1=Cc2cc3ccc(cc4nc(cc5[nH]c(c(Cc6ccccc6[N+](C)(C)C)c1n2)c(Cc1ccccc1[N+](C)(C)C)c5Cc1ccccc1[N+](C)(C)C)C=C4)[nH]3. The van der Waals surface area contributed by atoms with Crippen LogP contribution in [0.4, 0.5) is 22.7 Å². The van der Waals surface area contributed by atoms with Gasteiger partial charge in [0.15, 0.2) is 0 Å². The van der Waals surface area contributed by atoms with Crippen molar-refractivity contribution in [3.8, 4) is 0 Å². The van der Waals surface area contributed by atoms with Crippen molar-refractivity contribution >= 4 is 68.6 Å². The molecule has 3 aromatic heterocycles. The van der Waals surface area contributed by atoms with Crippen molar-refractivity contribution in [3.05, 3.63) is 189 Å². The van der Waals surface area contributed by atoms with Crippen molar-refractivity contribution < 1.29 is 0 Å². The van der Waals surface area contributed by atoms with Crippen LogP contribution < -0.4 is 17.9 Å². The first kappa shape index (κ1) is 46.4. The van der Waals surface area contributed by atoms with Gasteiger partial charge in [0.05, 0.1) is 107 Å². The standard InChI is InChI=1S/C60H70N8/c1-65(2,3)55-25-17-13-21-41(55)33-45-34-50-39-48-30-29-46(61-48)38-47-31-32-49(62-47)40-54-51(35-42-22-14-18-26-56(42)66(4,5)6)52(36-43-23-15-19-27-57(43)67(7,8)9)60(64-54)53(59(45)63-50)37-44-24-16-20-28-58(44)68(10,11)12/h13-32,34,38-40,61,64H,33,35-37H2,1-12H3/q+4. The third kappa shape index (κ3) is 9.82. The molecule has 7 aromatic rings. The molecule has 0 unspecified atom stereocenters. The number of hydrogen-bond acceptors (Lipinski definition) is 2. The van der Waals surface area contributed by atoms with Gasteiger partial charge in [-0.25, -0.2) is 9.97 Å². The van der Waals surface area contributed by atoms with Gasteiger partial charge in [0.1, 0.15) is 22.7 Å². The first-order valence-electron chi connectivity index (χ1n) is 23.9. The smallest absolute Gasteiger partial charge is 0.135 e. The minimum atomic E-state index is 0.672. The van der Waals surface area contributed by atoms with E-state index in [0.29, 0.717) is 19.9 Å². The normalized spacial score (nSPS) is 13.3. The first-order chi connectivity index (χ1) is 32.2. The van der Waals surface area contributed by atoms with Gasteiger partial charge in [0.25, 0.3) is 0 Å². The van der Waals surface area contributed by atoms with Crippen LogP contribution in [0.5, 0.6) is 0 Å². The molecule has 0 radical (unpaired) electrons. The van der Waals surface area contributed by atoms with Crippen molar-refractivity contribution in [2.45, 2.75) is 25.7 Å². The van der Waals surface area contributed by atoms with Crippen LogP contribution in [0.2, 0.25) is 0 Å². The van der Waals surface area contributed by atoms with Gasteiger partial charge >= 0.3 is 0 Å². The molecule has 5 heterocycles. The highest BCUT2D eigenvalue weighted by Gasteiger charge is 2.29. The Kier molecular flexibility index (Phi) is 12.1. The molecular weight excluding hydrogens is 833 g/mol. The average molecular weight is 903 g/mol. The molecule has 0 saturated heterocycles. The lowest BCUT2D eigenvalue weighted by Gasteiger charge is -2.27. The van der Waals surface area contributed by atoms with Gasteiger partial charge in [-0.1, -0.05) is 72.8 Å². The topological polar surface area (TPSA) is 57.4 Å². The second-order valence-electron chi connectivity index (χ2n) is 22.3. The predicted octanol–water partition coefficient (Wildman–Crippen LogP) is 11.8. The second-order valence-corrected chi connectivity index (χ2v) is 22.3. The number of allylic oxidation sites excluding steroid dienone is 1. The summed E-state index contributed by atoms with van der Waals surface area (Å²) in [6.45, 7) is 0. The minimum absolute atomic E-state index is 0.672. The summed E-state index contributed by atoms with van der Waals surface area (Å²) >= 11 is 0. The fraction of sp³-hybridized carbons (Fsp3) is 0.267. The van der Waals surface area contributed by atoms with Crippen molar-refractivity contribution in [1.82, 2.24) is 37.9 Å². The maximum Gasteiger partial charge on any atom is 0.135 e. The molecule has 0 amide bonds. The Morgan fingerprint density at radius 2 is 0.779 bits per heavy atom. The van der Waals surface area contributed by atoms with Crippen LogP contribution in [0.15, 0.2) is 127 Å². The summed E-state index contributed by atoms with van der Waals surface area (Å²) in [7, 11) is 27.2. The first-order valence-corrected chi connectivity index (χ1v) is 23.9. The number of aromatic nitrogens is 4. The number of rotatable bonds is 12. The van der Waals surface area contributed by atoms with Gasteiger partial charge in [-0.15, -0.1) is 0 Å². The monoisotopic (exact) mass is 903 g/mol. The fourth-order valence-electron chi connectivity index (χ4n) is 10.3. The van der Waals surface area contributed by atoms with Crippen molar-refractivity contribution in [2.24, 2.45) is 0 Å². The number of para-hydroxylation sites is 4. The molecule has 0 atom stereocenters. The van der Waals surface area contributed by atoms with Crippen LogP contribution in [-0.4, -0.2) is 105 Å². The highest BCUT2D eigenvalue weighted by Crippen LogP contribution is 2.40. The number of benzene rings is 4. The number of hydrogen-bond donors (Lipinski definition) is 2. The zero-order valence-corrected chi connectivity index (χ0v) is 42.4. The average Bonchev–Trinajstić information content (AvgIpc) is 4.07. The molecular formula is C60H70N8+4. The van der Waals surface area contributed by atoms with E-state index in [1.165, 1.54) is 67.3 Å². The molecule has 346 valence electrons. The van der Waals surface area contributed by atoms with E-state index in [-0.39, 0.29) is 0 Å². The number of H-pyrrole nitrogens is 2. The van der Waals surface area contributed by atoms with Crippen LogP contribution in [0.1, 0.15) is 61.7 Å². The van der Waals surface area contributed by atoms with Crippen LogP contribution in [0.3, 0.4) is 0 Å². The summed E-state index contributed by atoms with van der Waals surface area (Å²) in [5.74, 6) is 0. The number of aromatic amines is 2. The van der Waals surface area contributed by atoms with Gasteiger partial charge in [0, 0.05) is 75.6 Å². The summed E-state index contributed by atoms with van der Waals surface area (Å²) in [5.41, 5.74) is 23.2. The van der Waals surface area contributed by atoms with Crippen LogP contribution in [0, 0.1) is 0 Å². The molecule has 8 nitrogen and oxygen atoms in total. The lowest BCUT2D eigenvalue weighted by atomic mass is 9.90. The summed E-state index contributed by atoms with van der Waals surface area (Å²) in [4.78, 5) is 18.8. The lowest BCUT2D eigenvalue weighted by Crippen LogP contribution is -2.36. The Labute approximate surface area is 404 Å². The van der Waals surface area contributed by atoms with E-state index in [0.717, 1.165) is 68.6 Å². The molecule has 8 heteroatoms. The van der Waals surface area contributed by atoms with Crippen LogP contribution >= 0.6 is 0 Å². The summed E-state index contributed by atoms with van der Waals surface area (Å²) in [6.07, 6.45) is 9.46. The lowest BCUT2D eigenvalue weighted by molar-refractivity contribution is 0.482. The quantitative estimate of drug-likeness (QED) is 0.120. The zero-order valence-electron chi connectivity index (χ0n) is 42.4. The highest BCUT2D eigenvalue weighted by molar-refractivity contribution is 5.90. The maximum absolute atomic E-state index is 5.76. The summed E-state index contributed by atoms with van der Waals surface area (Å²) < 4.78 is 2.83.